The van der Waals surface area contributed by atoms with Crippen LogP contribution in [0.25, 0.3) is 22.6 Å². The van der Waals surface area contributed by atoms with Gasteiger partial charge in [0.1, 0.15) is 35.3 Å². The molecule has 7 rings (SSSR count). The molecule has 240 valence electrons. The van der Waals surface area contributed by atoms with E-state index in [1.165, 1.54) is 0 Å². The molecule has 1 N–H and O–H groups in total. The predicted molar refractivity (Wildman–Crippen MR) is 151 cm³/mol. The number of rotatable bonds is 8. The number of aromatic amines is 1. The highest BCUT2D eigenvalue weighted by Crippen LogP contribution is 2.38. The van der Waals surface area contributed by atoms with Crippen LogP contribution in [0.2, 0.25) is 5.02 Å². The fourth-order valence-corrected chi connectivity index (χ4v) is 5.69. The second kappa shape index (κ2) is 11.7. The average molecular weight is 664 g/mol. The number of aromatic nitrogens is 6. The first kappa shape index (κ1) is 30.3. The number of H-pyrrole nitrogens is 1. The van der Waals surface area contributed by atoms with E-state index in [0.717, 1.165) is 30.1 Å². The molecule has 2 aliphatic heterocycles. The molecule has 0 radical (unpaired) electrons. The Hall–Kier alpha value is -4.41. The number of alkyl halides is 3. The van der Waals surface area contributed by atoms with E-state index in [-0.39, 0.29) is 29.9 Å². The van der Waals surface area contributed by atoms with E-state index in [9.17, 15) is 26.7 Å². The maximum Gasteiger partial charge on any atom is 0.439 e. The zero-order valence-electron chi connectivity index (χ0n) is 23.7. The molecule has 0 bridgehead atoms. The molecule has 0 amide bonds. The van der Waals surface area contributed by atoms with Crippen LogP contribution in [0.5, 0.6) is 5.88 Å². The molecule has 46 heavy (non-hydrogen) atoms. The van der Waals surface area contributed by atoms with E-state index in [0.29, 0.717) is 54.5 Å². The largest absolute Gasteiger partial charge is 0.472 e. The van der Waals surface area contributed by atoms with Gasteiger partial charge in [-0.15, -0.1) is 0 Å². The lowest BCUT2D eigenvalue weighted by molar-refractivity contribution is -0.139. The van der Waals surface area contributed by atoms with Crippen molar-refractivity contribution in [2.45, 2.75) is 51.4 Å². The summed E-state index contributed by atoms with van der Waals surface area (Å²) in [5.41, 5.74) is 0.710. The standard InChI is InChI=1S/C29H23ClF5N7O4/c30-15-6-19(31)17(20(32)7-15)13-45-27-18(29(33,34)35)5-14-1-3-41(11-23(14)38-27)12-25-37-21-8-22(26-39-28(43)46-40-26)36-9-24(21)42(25)10-16-2-4-44-16/h5-9,16H,1-4,10-13H2,(H,39,40,43)/t16-/m0/s1. The number of nitrogens with one attached hydrogen (secondary N) is 1. The summed E-state index contributed by atoms with van der Waals surface area (Å²) in [5, 5.41) is 3.48. The number of benzene rings is 1. The fraction of sp³-hybridized carbons (Fsp3) is 0.345. The first-order chi connectivity index (χ1) is 22.0. The second-order valence-electron chi connectivity index (χ2n) is 11.0. The number of ether oxygens (including phenoxy) is 2. The van der Waals surface area contributed by atoms with E-state index in [2.05, 4.69) is 24.6 Å². The summed E-state index contributed by atoms with van der Waals surface area (Å²) in [4.78, 5) is 29.3. The number of nitrogens with zero attached hydrogens (tertiary/aromatic N) is 6. The van der Waals surface area contributed by atoms with E-state index in [1.54, 1.807) is 12.3 Å². The zero-order valence-corrected chi connectivity index (χ0v) is 24.5. The van der Waals surface area contributed by atoms with Crippen molar-refractivity contribution in [3.63, 3.8) is 0 Å². The predicted octanol–water partition coefficient (Wildman–Crippen LogP) is 5.05. The van der Waals surface area contributed by atoms with Crippen molar-refractivity contribution in [2.24, 2.45) is 0 Å². The molecule has 0 aliphatic carbocycles. The van der Waals surface area contributed by atoms with Crippen molar-refractivity contribution in [1.29, 1.82) is 0 Å². The van der Waals surface area contributed by atoms with Crippen molar-refractivity contribution in [3.8, 4) is 17.4 Å². The highest BCUT2D eigenvalue weighted by atomic mass is 35.5. The van der Waals surface area contributed by atoms with Crippen LogP contribution >= 0.6 is 11.6 Å². The topological polar surface area (TPSA) is 124 Å². The molecule has 0 unspecified atom stereocenters. The number of fused-ring (bicyclic) bond motifs is 2. The van der Waals surface area contributed by atoms with Crippen LogP contribution < -0.4 is 10.5 Å². The van der Waals surface area contributed by atoms with Gasteiger partial charge >= 0.3 is 11.9 Å². The van der Waals surface area contributed by atoms with E-state index in [4.69, 9.17) is 26.1 Å². The van der Waals surface area contributed by atoms with Gasteiger partial charge in [0.05, 0.1) is 47.7 Å². The Morgan fingerprint density at radius 3 is 2.59 bits per heavy atom. The SMILES string of the molecule is O=c1[nH]c(-c2cc3nc(CN4CCc5cc(C(F)(F)F)c(OCc6c(F)cc(Cl)cc6F)nc5C4)n(C[C@@H]4CCO4)c3cn2)no1. The first-order valence-corrected chi connectivity index (χ1v) is 14.5. The van der Waals surface area contributed by atoms with Gasteiger partial charge in [-0.1, -0.05) is 16.8 Å². The van der Waals surface area contributed by atoms with Gasteiger partial charge in [-0.3, -0.25) is 19.4 Å². The molecular formula is C29H23ClF5N7O4. The Labute approximate surface area is 260 Å². The highest BCUT2D eigenvalue weighted by Gasteiger charge is 2.37. The monoisotopic (exact) mass is 663 g/mol. The van der Waals surface area contributed by atoms with Crippen LogP contribution in [0.1, 0.15) is 34.6 Å². The summed E-state index contributed by atoms with van der Waals surface area (Å²) in [6.45, 7) is 1.25. The summed E-state index contributed by atoms with van der Waals surface area (Å²) >= 11 is 5.66. The Bertz CT molecular complexity index is 1980. The molecular weight excluding hydrogens is 641 g/mol. The molecule has 1 fully saturated rings. The van der Waals surface area contributed by atoms with Crippen molar-refractivity contribution < 1.29 is 35.9 Å². The quantitative estimate of drug-likeness (QED) is 0.227. The third-order valence-corrected chi connectivity index (χ3v) is 8.15. The molecule has 1 atom stereocenters. The molecule has 17 heteroatoms. The molecule has 1 aromatic carbocycles. The summed E-state index contributed by atoms with van der Waals surface area (Å²) < 4.78 is 88.1. The van der Waals surface area contributed by atoms with Gasteiger partial charge in [-0.2, -0.15) is 13.2 Å². The Kier molecular flexibility index (Phi) is 7.73. The molecule has 0 saturated carbocycles. The minimum absolute atomic E-state index is 0.0118. The van der Waals surface area contributed by atoms with Gasteiger partial charge < -0.3 is 14.0 Å². The maximum atomic E-state index is 14.3. The molecule has 4 aromatic heterocycles. The number of imidazole rings is 1. The van der Waals surface area contributed by atoms with Gasteiger partial charge in [0.25, 0.3) is 0 Å². The Morgan fingerprint density at radius 2 is 1.91 bits per heavy atom. The Balaban J connectivity index is 1.17. The minimum atomic E-state index is -4.81. The summed E-state index contributed by atoms with van der Waals surface area (Å²) in [6, 6.07) is 4.35. The Morgan fingerprint density at radius 1 is 1.13 bits per heavy atom. The van der Waals surface area contributed by atoms with E-state index >= 15 is 0 Å². The van der Waals surface area contributed by atoms with Crippen LogP contribution in [0, 0.1) is 11.6 Å². The molecule has 1 saturated heterocycles. The van der Waals surface area contributed by atoms with Crippen LogP contribution in [-0.4, -0.2) is 53.8 Å². The van der Waals surface area contributed by atoms with Crippen molar-refractivity contribution in [1.82, 2.24) is 34.6 Å². The average Bonchev–Trinajstić information content (AvgIpc) is 3.55. The van der Waals surface area contributed by atoms with Crippen LogP contribution in [0.15, 0.2) is 39.8 Å². The van der Waals surface area contributed by atoms with Crippen molar-refractivity contribution in [2.75, 3.05) is 13.2 Å². The smallest absolute Gasteiger partial charge is 0.439 e. The first-order valence-electron chi connectivity index (χ1n) is 14.1. The molecule has 6 heterocycles. The molecule has 11 nitrogen and oxygen atoms in total. The summed E-state index contributed by atoms with van der Waals surface area (Å²) in [7, 11) is 0. The third kappa shape index (κ3) is 5.94. The van der Waals surface area contributed by atoms with Crippen molar-refractivity contribution >= 4 is 22.6 Å². The van der Waals surface area contributed by atoms with E-state index < -0.39 is 47.2 Å². The highest BCUT2D eigenvalue weighted by molar-refractivity contribution is 6.30. The summed E-state index contributed by atoms with van der Waals surface area (Å²) in [6.07, 6.45) is -2.06. The number of hydrogen-bond donors (Lipinski definition) is 1. The van der Waals surface area contributed by atoms with Gasteiger partial charge in [0, 0.05) is 24.7 Å². The van der Waals surface area contributed by atoms with Gasteiger partial charge in [0.15, 0.2) is 0 Å². The lowest BCUT2D eigenvalue weighted by Gasteiger charge is -2.30. The van der Waals surface area contributed by atoms with Gasteiger partial charge in [-0.05, 0) is 42.7 Å². The summed E-state index contributed by atoms with van der Waals surface area (Å²) in [5.74, 6) is -2.77. The van der Waals surface area contributed by atoms with Crippen molar-refractivity contribution in [3.05, 3.63) is 85.9 Å². The maximum absolute atomic E-state index is 14.3. The molecule has 2 aliphatic rings. The number of halogens is 6. The minimum Gasteiger partial charge on any atom is -0.472 e. The fourth-order valence-electron chi connectivity index (χ4n) is 5.50. The lowest BCUT2D eigenvalue weighted by atomic mass is 10.0. The second-order valence-corrected chi connectivity index (χ2v) is 11.4. The lowest BCUT2D eigenvalue weighted by Crippen LogP contribution is -2.34. The third-order valence-electron chi connectivity index (χ3n) is 7.93. The zero-order chi connectivity index (χ0) is 32.2. The normalized spacial score (nSPS) is 16.9. The van der Waals surface area contributed by atoms with E-state index in [1.807, 2.05) is 9.47 Å². The van der Waals surface area contributed by atoms with Crippen LogP contribution in [0.4, 0.5) is 22.0 Å². The molecule has 5 aromatic rings. The molecule has 0 spiro atoms. The van der Waals surface area contributed by atoms with Gasteiger partial charge in [0.2, 0.25) is 11.7 Å². The number of pyridine rings is 2. The van der Waals surface area contributed by atoms with Gasteiger partial charge in [-0.25, -0.2) is 23.5 Å². The number of hydrogen-bond acceptors (Lipinski definition) is 9. The van der Waals surface area contributed by atoms with Crippen LogP contribution in [-0.2, 0) is 43.6 Å². The van der Waals surface area contributed by atoms with Crippen LogP contribution in [0.3, 0.4) is 0 Å².